The molecule has 0 spiro atoms. The number of hydrogen-bond donors (Lipinski definition) is 2. The zero-order valence-corrected chi connectivity index (χ0v) is 12.6. The average molecular weight is 290 g/mol. The number of methoxy groups -OCH3 is 1. The Bertz CT molecular complexity index is 615. The molecule has 106 valence electrons. The topological polar surface area (TPSA) is 64.3 Å². The predicted molar refractivity (Wildman–Crippen MR) is 83.3 cm³/mol. The van der Waals surface area contributed by atoms with Crippen LogP contribution >= 0.6 is 11.3 Å². The van der Waals surface area contributed by atoms with E-state index in [1.807, 2.05) is 0 Å². The molecule has 0 unspecified atom stereocenters. The normalized spacial score (nSPS) is 10.3. The van der Waals surface area contributed by atoms with Gasteiger partial charge in [0.25, 0.3) is 0 Å². The van der Waals surface area contributed by atoms with E-state index in [0.29, 0.717) is 17.8 Å². The number of nitrogens with two attached hydrogens (primary N) is 1. The lowest BCUT2D eigenvalue weighted by Crippen LogP contribution is -2.08. The zero-order valence-electron chi connectivity index (χ0n) is 11.8. The summed E-state index contributed by atoms with van der Waals surface area (Å²) in [6.07, 6.45) is 0. The van der Waals surface area contributed by atoms with E-state index >= 15 is 0 Å². The molecule has 3 N–H and O–H groups in total. The molecule has 5 heteroatoms. The highest BCUT2D eigenvalue weighted by molar-refractivity contribution is 7.12. The Morgan fingerprint density at radius 2 is 2.10 bits per heavy atom. The van der Waals surface area contributed by atoms with Gasteiger partial charge in [0, 0.05) is 27.7 Å². The molecular formula is C15H18N2O2S. The summed E-state index contributed by atoms with van der Waals surface area (Å²) in [5.41, 5.74) is 8.73. The molecule has 0 radical (unpaired) electrons. The lowest BCUT2D eigenvalue weighted by Gasteiger charge is -2.10. The van der Waals surface area contributed by atoms with Gasteiger partial charge in [-0.25, -0.2) is 4.79 Å². The lowest BCUT2D eigenvalue weighted by atomic mass is 10.1. The molecular weight excluding hydrogens is 272 g/mol. The standard InChI is InChI=1S/C15H18N2O2S/c1-9-6-12(20-10(9)2)8-17-14-5-4-11(16)7-13(14)15(18)19-3/h4-7,17H,8,16H2,1-3H3. The van der Waals surface area contributed by atoms with Gasteiger partial charge in [-0.15, -0.1) is 11.3 Å². The van der Waals surface area contributed by atoms with Crippen LogP contribution in [0, 0.1) is 13.8 Å². The molecule has 20 heavy (non-hydrogen) atoms. The molecule has 2 rings (SSSR count). The highest BCUT2D eigenvalue weighted by atomic mass is 32.1. The quantitative estimate of drug-likeness (QED) is 0.669. The molecule has 0 saturated heterocycles. The van der Waals surface area contributed by atoms with Crippen molar-refractivity contribution in [2.45, 2.75) is 20.4 Å². The largest absolute Gasteiger partial charge is 0.465 e. The summed E-state index contributed by atoms with van der Waals surface area (Å²) in [6.45, 7) is 4.87. The minimum atomic E-state index is -0.390. The second-order valence-electron chi connectivity index (χ2n) is 4.60. The fourth-order valence-electron chi connectivity index (χ4n) is 1.91. The smallest absolute Gasteiger partial charge is 0.340 e. The molecule has 1 heterocycles. The maximum Gasteiger partial charge on any atom is 0.340 e. The van der Waals surface area contributed by atoms with Crippen molar-refractivity contribution in [3.63, 3.8) is 0 Å². The first-order valence-electron chi connectivity index (χ1n) is 6.29. The molecule has 0 aliphatic rings. The molecule has 2 aromatic rings. The van der Waals surface area contributed by atoms with E-state index in [1.54, 1.807) is 29.5 Å². The number of anilines is 2. The molecule has 0 fully saturated rings. The Morgan fingerprint density at radius 3 is 2.70 bits per heavy atom. The summed E-state index contributed by atoms with van der Waals surface area (Å²) >= 11 is 1.75. The van der Waals surface area contributed by atoms with Gasteiger partial charge in [-0.05, 0) is 43.7 Å². The number of ether oxygens (including phenoxy) is 1. The van der Waals surface area contributed by atoms with Crippen LogP contribution in [-0.4, -0.2) is 13.1 Å². The van der Waals surface area contributed by atoms with E-state index < -0.39 is 5.97 Å². The maximum atomic E-state index is 11.7. The van der Waals surface area contributed by atoms with Crippen LogP contribution in [0.1, 0.15) is 25.7 Å². The number of nitrogens with one attached hydrogen (secondary N) is 1. The third kappa shape index (κ3) is 3.11. The van der Waals surface area contributed by atoms with Crippen LogP contribution in [0.4, 0.5) is 11.4 Å². The third-order valence-corrected chi connectivity index (χ3v) is 4.27. The van der Waals surface area contributed by atoms with Gasteiger partial charge in [-0.1, -0.05) is 0 Å². The molecule has 0 bridgehead atoms. The van der Waals surface area contributed by atoms with Crippen molar-refractivity contribution in [2.24, 2.45) is 0 Å². The van der Waals surface area contributed by atoms with E-state index in [1.165, 1.54) is 22.4 Å². The first kappa shape index (κ1) is 14.4. The molecule has 0 aliphatic heterocycles. The number of rotatable bonds is 4. The van der Waals surface area contributed by atoms with Gasteiger partial charge in [0.15, 0.2) is 0 Å². The number of hydrogen-bond acceptors (Lipinski definition) is 5. The first-order chi connectivity index (χ1) is 9.51. The molecule has 4 nitrogen and oxygen atoms in total. The third-order valence-electron chi connectivity index (χ3n) is 3.12. The van der Waals surface area contributed by atoms with Crippen LogP contribution in [0.15, 0.2) is 24.3 Å². The van der Waals surface area contributed by atoms with E-state index in [9.17, 15) is 4.79 Å². The Morgan fingerprint density at radius 1 is 1.35 bits per heavy atom. The highest BCUT2D eigenvalue weighted by Crippen LogP contribution is 2.24. The van der Waals surface area contributed by atoms with E-state index in [-0.39, 0.29) is 0 Å². The number of aryl methyl sites for hydroxylation is 2. The summed E-state index contributed by atoms with van der Waals surface area (Å²) in [6, 6.07) is 7.34. The van der Waals surface area contributed by atoms with E-state index in [4.69, 9.17) is 10.5 Å². The van der Waals surface area contributed by atoms with Crippen LogP contribution in [0.3, 0.4) is 0 Å². The summed E-state index contributed by atoms with van der Waals surface area (Å²) in [7, 11) is 1.36. The van der Waals surface area contributed by atoms with Gasteiger partial charge in [0.1, 0.15) is 0 Å². The molecule has 0 saturated carbocycles. The zero-order chi connectivity index (χ0) is 14.7. The fourth-order valence-corrected chi connectivity index (χ4v) is 2.91. The number of carbonyl (C=O) groups excluding carboxylic acids is 1. The summed E-state index contributed by atoms with van der Waals surface area (Å²) in [5, 5.41) is 3.27. The Hall–Kier alpha value is -2.01. The van der Waals surface area contributed by atoms with Crippen LogP contribution in [-0.2, 0) is 11.3 Å². The van der Waals surface area contributed by atoms with Gasteiger partial charge in [-0.2, -0.15) is 0 Å². The molecule has 0 atom stereocenters. The monoisotopic (exact) mass is 290 g/mol. The maximum absolute atomic E-state index is 11.7. The van der Waals surface area contributed by atoms with Gasteiger partial charge in [0.2, 0.25) is 0 Å². The summed E-state index contributed by atoms with van der Waals surface area (Å²) < 4.78 is 4.78. The molecule has 1 aromatic heterocycles. The minimum Gasteiger partial charge on any atom is -0.465 e. The first-order valence-corrected chi connectivity index (χ1v) is 7.10. The fraction of sp³-hybridized carbons (Fsp3) is 0.267. The van der Waals surface area contributed by atoms with Crippen molar-refractivity contribution < 1.29 is 9.53 Å². The summed E-state index contributed by atoms with van der Waals surface area (Å²) in [4.78, 5) is 14.3. The minimum absolute atomic E-state index is 0.390. The second kappa shape index (κ2) is 5.96. The van der Waals surface area contributed by atoms with Crippen LogP contribution < -0.4 is 11.1 Å². The van der Waals surface area contributed by atoms with Gasteiger partial charge in [-0.3, -0.25) is 0 Å². The molecule has 0 aliphatic carbocycles. The Balaban J connectivity index is 2.18. The van der Waals surface area contributed by atoms with Gasteiger partial charge in [0.05, 0.1) is 12.7 Å². The van der Waals surface area contributed by atoms with Crippen molar-refractivity contribution in [2.75, 3.05) is 18.2 Å². The lowest BCUT2D eigenvalue weighted by molar-refractivity contribution is 0.0602. The van der Waals surface area contributed by atoms with E-state index in [2.05, 4.69) is 25.2 Å². The molecule has 0 amide bonds. The van der Waals surface area contributed by atoms with Gasteiger partial charge >= 0.3 is 5.97 Å². The molecule has 1 aromatic carbocycles. The van der Waals surface area contributed by atoms with Crippen LogP contribution in [0.25, 0.3) is 0 Å². The van der Waals surface area contributed by atoms with E-state index in [0.717, 1.165) is 5.69 Å². The highest BCUT2D eigenvalue weighted by Gasteiger charge is 2.12. The number of benzene rings is 1. The van der Waals surface area contributed by atoms with Crippen molar-refractivity contribution in [3.8, 4) is 0 Å². The Labute approximate surface area is 122 Å². The van der Waals surface area contributed by atoms with Crippen molar-refractivity contribution in [1.82, 2.24) is 0 Å². The van der Waals surface area contributed by atoms with Crippen LogP contribution in [0.2, 0.25) is 0 Å². The number of esters is 1. The summed E-state index contributed by atoms with van der Waals surface area (Å²) in [5.74, 6) is -0.390. The van der Waals surface area contributed by atoms with Crippen molar-refractivity contribution in [3.05, 3.63) is 45.1 Å². The average Bonchev–Trinajstić information content (AvgIpc) is 2.75. The number of thiophene rings is 1. The van der Waals surface area contributed by atoms with Crippen molar-refractivity contribution >= 4 is 28.7 Å². The van der Waals surface area contributed by atoms with Gasteiger partial charge < -0.3 is 15.8 Å². The number of nitrogen functional groups attached to an aromatic ring is 1. The van der Waals surface area contributed by atoms with Crippen molar-refractivity contribution in [1.29, 1.82) is 0 Å². The number of carbonyl (C=O) groups is 1. The van der Waals surface area contributed by atoms with Crippen LogP contribution in [0.5, 0.6) is 0 Å². The SMILES string of the molecule is COC(=O)c1cc(N)ccc1NCc1cc(C)c(C)s1. The Kier molecular flexibility index (Phi) is 4.29. The predicted octanol–water partition coefficient (Wildman–Crippen LogP) is 3.35. The second-order valence-corrected chi connectivity index (χ2v) is 5.94.